The van der Waals surface area contributed by atoms with E-state index in [0.717, 1.165) is 30.2 Å². The number of thiazole rings is 1. The minimum absolute atomic E-state index is 0.0533. The van der Waals surface area contributed by atoms with Crippen LogP contribution in [0.5, 0.6) is 0 Å². The average molecular weight is 378 g/mol. The number of ether oxygens (including phenoxy) is 1. The van der Waals surface area contributed by atoms with Crippen LogP contribution in [-0.2, 0) is 11.8 Å². The lowest BCUT2D eigenvalue weighted by atomic mass is 10.2. The molecule has 26 heavy (non-hydrogen) atoms. The first-order valence-corrected chi connectivity index (χ1v) is 9.01. The van der Waals surface area contributed by atoms with Crippen molar-refractivity contribution >= 4 is 32.6 Å². The molecule has 0 radical (unpaired) electrons. The summed E-state index contributed by atoms with van der Waals surface area (Å²) in [6.45, 7) is 0.940. The molecule has 0 aliphatic carbocycles. The van der Waals surface area contributed by atoms with E-state index in [0.29, 0.717) is 23.0 Å². The summed E-state index contributed by atoms with van der Waals surface area (Å²) in [6.07, 6.45) is 3.32. The molecule has 136 valence electrons. The van der Waals surface area contributed by atoms with Gasteiger partial charge < -0.3 is 4.74 Å². The van der Waals surface area contributed by atoms with Crippen LogP contribution in [0.2, 0.25) is 0 Å². The van der Waals surface area contributed by atoms with E-state index in [1.165, 1.54) is 15.6 Å². The maximum Gasteiger partial charge on any atom is 0.280 e. The fourth-order valence-electron chi connectivity index (χ4n) is 2.97. The number of carbonyl (C=O) groups excluding carboxylic acids is 1. The zero-order chi connectivity index (χ0) is 18.3. The highest BCUT2D eigenvalue weighted by atomic mass is 32.1. The van der Waals surface area contributed by atoms with Crippen molar-refractivity contribution in [2.45, 2.75) is 18.9 Å². The van der Waals surface area contributed by atoms with Crippen molar-refractivity contribution in [3.8, 4) is 0 Å². The van der Waals surface area contributed by atoms with Gasteiger partial charge in [-0.3, -0.25) is 14.4 Å². The fourth-order valence-corrected chi connectivity index (χ4v) is 3.98. The second kappa shape index (κ2) is 6.73. The summed E-state index contributed by atoms with van der Waals surface area (Å²) >= 11 is 1.07. The van der Waals surface area contributed by atoms with E-state index >= 15 is 0 Å². The quantitative estimate of drug-likeness (QED) is 0.700. The number of halogens is 2. The molecule has 6 nitrogen and oxygen atoms in total. The Labute approximate surface area is 152 Å². The third kappa shape index (κ3) is 3.19. The molecule has 1 fully saturated rings. The molecule has 9 heteroatoms. The highest BCUT2D eigenvalue weighted by molar-refractivity contribution is 7.22. The van der Waals surface area contributed by atoms with E-state index in [2.05, 4.69) is 10.1 Å². The Bertz CT molecular complexity index is 965. The lowest BCUT2D eigenvalue weighted by Crippen LogP contribution is -2.37. The van der Waals surface area contributed by atoms with Crippen LogP contribution in [0.15, 0.2) is 24.4 Å². The number of benzene rings is 1. The van der Waals surface area contributed by atoms with Gasteiger partial charge in [0.15, 0.2) is 16.6 Å². The first-order chi connectivity index (χ1) is 12.5. The Kier molecular flexibility index (Phi) is 4.41. The van der Waals surface area contributed by atoms with Gasteiger partial charge in [0.05, 0.1) is 17.3 Å². The fraction of sp³-hybridized carbons (Fsp3) is 0.353. The number of nitrogens with zero attached hydrogens (tertiary/aromatic N) is 4. The summed E-state index contributed by atoms with van der Waals surface area (Å²) in [7, 11) is 1.72. The third-order valence-corrected chi connectivity index (χ3v) is 5.25. The predicted molar refractivity (Wildman–Crippen MR) is 93.4 cm³/mol. The van der Waals surface area contributed by atoms with Gasteiger partial charge in [-0.25, -0.2) is 13.8 Å². The van der Waals surface area contributed by atoms with Crippen molar-refractivity contribution in [2.75, 3.05) is 18.1 Å². The van der Waals surface area contributed by atoms with Crippen LogP contribution in [0.1, 0.15) is 23.3 Å². The zero-order valence-electron chi connectivity index (χ0n) is 14.0. The number of carbonyl (C=O) groups is 1. The summed E-state index contributed by atoms with van der Waals surface area (Å²) in [5, 5.41) is 4.45. The number of amides is 1. The number of fused-ring (bicyclic) bond motifs is 1. The van der Waals surface area contributed by atoms with Gasteiger partial charge in [0.1, 0.15) is 11.3 Å². The molecule has 1 aliphatic heterocycles. The molecule has 3 aromatic rings. The average Bonchev–Trinajstić information content (AvgIpc) is 3.32. The molecule has 0 saturated carbocycles. The summed E-state index contributed by atoms with van der Waals surface area (Å²) < 4.78 is 35.0. The number of hydrogen-bond acceptors (Lipinski definition) is 5. The van der Waals surface area contributed by atoms with Gasteiger partial charge in [0.2, 0.25) is 0 Å². The minimum Gasteiger partial charge on any atom is -0.376 e. The number of hydrogen-bond donors (Lipinski definition) is 0. The third-order valence-electron chi connectivity index (χ3n) is 4.22. The Hall–Kier alpha value is -2.39. The van der Waals surface area contributed by atoms with Crippen LogP contribution in [0.25, 0.3) is 10.2 Å². The van der Waals surface area contributed by atoms with Gasteiger partial charge >= 0.3 is 0 Å². The molecule has 1 unspecified atom stereocenters. The Morgan fingerprint density at radius 1 is 1.46 bits per heavy atom. The summed E-state index contributed by atoms with van der Waals surface area (Å²) in [5.41, 5.74) is 0.314. The normalized spacial score (nSPS) is 17.1. The summed E-state index contributed by atoms with van der Waals surface area (Å²) in [6, 6.07) is 3.62. The summed E-state index contributed by atoms with van der Waals surface area (Å²) in [5.74, 6) is -1.77. The highest BCUT2D eigenvalue weighted by Gasteiger charge is 2.28. The largest absolute Gasteiger partial charge is 0.376 e. The first kappa shape index (κ1) is 17.0. The van der Waals surface area contributed by atoms with Crippen LogP contribution in [0.4, 0.5) is 13.9 Å². The SMILES string of the molecule is Cn1ccc(C(=O)N(CC2CCCO2)c2nc3c(F)cc(F)cc3s2)n1. The minimum atomic E-state index is -0.746. The van der Waals surface area contributed by atoms with Crippen LogP contribution in [0.3, 0.4) is 0 Å². The van der Waals surface area contributed by atoms with Crippen LogP contribution in [0, 0.1) is 11.6 Å². The van der Waals surface area contributed by atoms with Crippen LogP contribution in [-0.4, -0.2) is 39.9 Å². The van der Waals surface area contributed by atoms with Crippen molar-refractivity contribution in [3.63, 3.8) is 0 Å². The number of aryl methyl sites for hydroxylation is 1. The predicted octanol–water partition coefficient (Wildman–Crippen LogP) is 3.13. The Morgan fingerprint density at radius 3 is 3.00 bits per heavy atom. The molecule has 1 aliphatic rings. The molecule has 0 bridgehead atoms. The van der Waals surface area contributed by atoms with E-state index in [1.807, 2.05) is 0 Å². The van der Waals surface area contributed by atoms with Gasteiger partial charge in [-0.05, 0) is 25.0 Å². The monoisotopic (exact) mass is 378 g/mol. The molecule has 0 spiro atoms. The zero-order valence-corrected chi connectivity index (χ0v) is 14.8. The van der Waals surface area contributed by atoms with Crippen molar-refractivity contribution in [3.05, 3.63) is 41.7 Å². The highest BCUT2D eigenvalue weighted by Crippen LogP contribution is 2.32. The van der Waals surface area contributed by atoms with Crippen LogP contribution >= 0.6 is 11.3 Å². The van der Waals surface area contributed by atoms with Gasteiger partial charge in [0, 0.05) is 25.9 Å². The molecule has 1 saturated heterocycles. The molecule has 2 aromatic heterocycles. The smallest absolute Gasteiger partial charge is 0.280 e. The van der Waals surface area contributed by atoms with E-state index in [9.17, 15) is 13.6 Å². The van der Waals surface area contributed by atoms with Crippen LogP contribution < -0.4 is 4.90 Å². The van der Waals surface area contributed by atoms with Crippen molar-refractivity contribution < 1.29 is 18.3 Å². The molecule has 4 rings (SSSR count). The van der Waals surface area contributed by atoms with Crippen molar-refractivity contribution in [2.24, 2.45) is 7.05 Å². The van der Waals surface area contributed by atoms with E-state index < -0.39 is 11.6 Å². The molecule has 1 aromatic carbocycles. The standard InChI is InChI=1S/C17H16F2N4O2S/c1-22-5-4-13(21-22)16(24)23(9-11-3-2-6-25-11)17-20-15-12(19)7-10(18)8-14(15)26-17/h4-5,7-8,11H,2-3,6,9H2,1H3. The molecular formula is C17H16F2N4O2S. The van der Waals surface area contributed by atoms with Gasteiger partial charge in [-0.2, -0.15) is 5.10 Å². The van der Waals surface area contributed by atoms with Gasteiger partial charge in [-0.1, -0.05) is 11.3 Å². The molecule has 3 heterocycles. The number of aromatic nitrogens is 3. The first-order valence-electron chi connectivity index (χ1n) is 8.20. The Morgan fingerprint density at radius 2 is 2.31 bits per heavy atom. The molecule has 0 N–H and O–H groups in total. The number of rotatable bonds is 4. The molecule has 1 amide bonds. The van der Waals surface area contributed by atoms with Crippen molar-refractivity contribution in [1.82, 2.24) is 14.8 Å². The van der Waals surface area contributed by atoms with Crippen molar-refractivity contribution in [1.29, 1.82) is 0 Å². The summed E-state index contributed by atoms with van der Waals surface area (Å²) in [4.78, 5) is 18.7. The molecule has 1 atom stereocenters. The van der Waals surface area contributed by atoms with Gasteiger partial charge in [0.25, 0.3) is 5.91 Å². The maximum atomic E-state index is 14.0. The van der Waals surface area contributed by atoms with E-state index in [1.54, 1.807) is 19.3 Å². The second-order valence-corrected chi connectivity index (χ2v) is 7.17. The molecular weight excluding hydrogens is 362 g/mol. The lowest BCUT2D eigenvalue weighted by Gasteiger charge is -2.22. The lowest BCUT2D eigenvalue weighted by molar-refractivity contribution is 0.0913. The van der Waals surface area contributed by atoms with E-state index in [4.69, 9.17) is 4.74 Å². The Balaban J connectivity index is 1.74. The maximum absolute atomic E-state index is 14.0. The number of anilines is 1. The van der Waals surface area contributed by atoms with E-state index in [-0.39, 0.29) is 23.2 Å². The second-order valence-electron chi connectivity index (χ2n) is 6.16. The topological polar surface area (TPSA) is 60.2 Å². The van der Waals surface area contributed by atoms with Gasteiger partial charge in [-0.15, -0.1) is 0 Å².